The highest BCUT2D eigenvalue weighted by Crippen LogP contribution is 1.97. The van der Waals surface area contributed by atoms with Gasteiger partial charge in [-0.3, -0.25) is 0 Å². The van der Waals surface area contributed by atoms with Crippen molar-refractivity contribution in [1.82, 2.24) is 0 Å². The van der Waals surface area contributed by atoms with Crippen LogP contribution in [0.2, 0.25) is 0 Å². The molecule has 9 heteroatoms. The summed E-state index contributed by atoms with van der Waals surface area (Å²) in [5.41, 5.74) is 0. The van der Waals surface area contributed by atoms with Gasteiger partial charge in [0, 0.05) is 0 Å². The number of thiocyanates is 2. The summed E-state index contributed by atoms with van der Waals surface area (Å²) in [5, 5.41) is 16.5. The Kier molecular flexibility index (Phi) is 2.54. The van der Waals surface area contributed by atoms with Gasteiger partial charge in [0.05, 0.1) is 0 Å². The SMILES string of the molecule is N#CS(=O)(=O)OS(=O)(=O)C#N. The highest BCUT2D eigenvalue weighted by molar-refractivity contribution is 8.04. The lowest BCUT2D eigenvalue weighted by atomic mass is 11.8. The first-order chi connectivity index (χ1) is 4.83. The highest BCUT2D eigenvalue weighted by Gasteiger charge is 2.21. The fourth-order valence-electron chi connectivity index (χ4n) is 0.148. The van der Waals surface area contributed by atoms with Crippen LogP contribution in [0.1, 0.15) is 0 Å². The van der Waals surface area contributed by atoms with Gasteiger partial charge in [-0.25, -0.2) is 0 Å². The van der Waals surface area contributed by atoms with Crippen LogP contribution in [-0.4, -0.2) is 16.8 Å². The van der Waals surface area contributed by atoms with Gasteiger partial charge >= 0.3 is 20.2 Å². The van der Waals surface area contributed by atoms with Gasteiger partial charge in [0.1, 0.15) is 0 Å². The van der Waals surface area contributed by atoms with Crippen LogP contribution >= 0.6 is 0 Å². The molecule has 60 valence electrons. The zero-order valence-corrected chi connectivity index (χ0v) is 6.39. The second-order valence-electron chi connectivity index (χ2n) is 1.16. The number of hydrogen-bond acceptors (Lipinski definition) is 7. The van der Waals surface area contributed by atoms with E-state index in [1.165, 1.54) is 0 Å². The van der Waals surface area contributed by atoms with Gasteiger partial charge in [0.15, 0.2) is 0 Å². The molecule has 0 unspecified atom stereocenters. The number of nitrogens with zero attached hydrogens (tertiary/aromatic N) is 2. The van der Waals surface area contributed by atoms with E-state index in [1.807, 2.05) is 0 Å². The fraction of sp³-hybridized carbons (Fsp3) is 0. The third-order valence-corrected chi connectivity index (χ3v) is 2.28. The zero-order chi connectivity index (χ0) is 9.12. The minimum atomic E-state index is -4.79. The first kappa shape index (κ1) is 9.84. The quantitative estimate of drug-likeness (QED) is 0.393. The Morgan fingerprint density at radius 1 is 0.909 bits per heavy atom. The van der Waals surface area contributed by atoms with Gasteiger partial charge in [-0.1, -0.05) is 0 Å². The Hall–Kier alpha value is -1.16. The molecule has 0 atom stereocenters. The van der Waals surface area contributed by atoms with E-state index >= 15 is 0 Å². The van der Waals surface area contributed by atoms with Crippen LogP contribution in [0.3, 0.4) is 0 Å². The molecule has 0 aliphatic carbocycles. The van der Waals surface area contributed by atoms with Gasteiger partial charge < -0.3 is 0 Å². The van der Waals surface area contributed by atoms with Gasteiger partial charge in [-0.2, -0.15) is 27.4 Å². The Morgan fingerprint density at radius 2 is 1.18 bits per heavy atom. The van der Waals surface area contributed by atoms with E-state index in [0.29, 0.717) is 10.8 Å². The largest absolute Gasteiger partial charge is 0.378 e. The fourth-order valence-corrected chi connectivity index (χ4v) is 1.34. The van der Waals surface area contributed by atoms with Crippen LogP contribution < -0.4 is 0 Å². The molecular weight excluding hydrogens is 196 g/mol. The Labute approximate surface area is 62.7 Å². The lowest BCUT2D eigenvalue weighted by Crippen LogP contribution is -2.08. The molecule has 0 aliphatic rings. The van der Waals surface area contributed by atoms with Gasteiger partial charge in [0.25, 0.3) is 0 Å². The van der Waals surface area contributed by atoms with E-state index in [0.717, 1.165) is 0 Å². The minimum Gasteiger partial charge on any atom is -0.182 e. The van der Waals surface area contributed by atoms with E-state index < -0.39 is 20.2 Å². The molecule has 0 N–H and O–H groups in total. The van der Waals surface area contributed by atoms with Gasteiger partial charge in [-0.15, -0.1) is 3.63 Å². The van der Waals surface area contributed by atoms with Crippen LogP contribution in [0.5, 0.6) is 0 Å². The molecule has 0 fully saturated rings. The summed E-state index contributed by atoms with van der Waals surface area (Å²) in [4.78, 5) is 0. The van der Waals surface area contributed by atoms with Crippen molar-refractivity contribution in [2.75, 3.05) is 0 Å². The summed E-state index contributed by atoms with van der Waals surface area (Å²) in [7, 11) is -9.59. The van der Waals surface area contributed by atoms with Crippen LogP contribution in [0.4, 0.5) is 0 Å². The summed E-state index contributed by atoms with van der Waals surface area (Å²) < 4.78 is 43.4. The molecule has 0 radical (unpaired) electrons. The molecule has 0 rings (SSSR count). The molecule has 0 aromatic rings. The van der Waals surface area contributed by atoms with Crippen molar-refractivity contribution in [3.63, 3.8) is 0 Å². The summed E-state index contributed by atoms with van der Waals surface area (Å²) in [6, 6.07) is 0. The van der Waals surface area contributed by atoms with E-state index in [1.54, 1.807) is 0 Å². The summed E-state index contributed by atoms with van der Waals surface area (Å²) >= 11 is 0. The summed E-state index contributed by atoms with van der Waals surface area (Å²) in [6.07, 6.45) is 0. The van der Waals surface area contributed by atoms with Crippen molar-refractivity contribution in [2.24, 2.45) is 0 Å². The summed E-state index contributed by atoms with van der Waals surface area (Å²) in [6.45, 7) is 0. The Morgan fingerprint density at radius 3 is 1.36 bits per heavy atom. The topological polar surface area (TPSA) is 125 Å². The molecular formula is C2N2O5S2. The van der Waals surface area contributed by atoms with E-state index in [-0.39, 0.29) is 0 Å². The molecule has 0 saturated carbocycles. The van der Waals surface area contributed by atoms with Crippen molar-refractivity contribution >= 4 is 20.2 Å². The molecule has 0 saturated heterocycles. The monoisotopic (exact) mass is 196 g/mol. The lowest BCUT2D eigenvalue weighted by molar-refractivity contribution is 0.478. The predicted octanol–water partition coefficient (Wildman–Crippen LogP) is -1.38. The molecule has 0 amide bonds. The second kappa shape index (κ2) is 2.84. The first-order valence-corrected chi connectivity index (χ1v) is 4.67. The maximum absolute atomic E-state index is 10.1. The van der Waals surface area contributed by atoms with Crippen LogP contribution in [-0.2, 0) is 23.9 Å². The molecule has 0 heterocycles. The van der Waals surface area contributed by atoms with Crippen molar-refractivity contribution in [1.29, 1.82) is 10.5 Å². The average molecular weight is 196 g/mol. The van der Waals surface area contributed by atoms with Crippen molar-refractivity contribution < 1.29 is 20.5 Å². The number of nitriles is 2. The second-order valence-corrected chi connectivity index (χ2v) is 3.88. The first-order valence-electron chi connectivity index (χ1n) is 1.86. The van der Waals surface area contributed by atoms with E-state index in [4.69, 9.17) is 10.5 Å². The molecule has 0 spiro atoms. The van der Waals surface area contributed by atoms with Crippen LogP contribution in [0.25, 0.3) is 0 Å². The summed E-state index contributed by atoms with van der Waals surface area (Å²) in [5.74, 6) is 0. The molecule has 0 bridgehead atoms. The third-order valence-electron chi connectivity index (χ3n) is 0.403. The standard InChI is InChI=1S/C2N2O5S2/c3-1-10(5,6)9-11(7,8)2-4. The molecule has 0 aliphatic heterocycles. The molecule has 0 aromatic carbocycles. The normalized spacial score (nSPS) is 11.5. The number of hydrogen-bond donors (Lipinski definition) is 0. The molecule has 0 aromatic heterocycles. The molecule has 7 nitrogen and oxygen atoms in total. The average Bonchev–Trinajstić information content (AvgIpc) is 1.86. The molecule has 11 heavy (non-hydrogen) atoms. The third kappa shape index (κ3) is 3.52. The smallest absolute Gasteiger partial charge is 0.182 e. The van der Waals surface area contributed by atoms with E-state index in [9.17, 15) is 16.8 Å². The van der Waals surface area contributed by atoms with Crippen molar-refractivity contribution in [2.45, 2.75) is 0 Å². The Bertz CT molecular complexity index is 374. The van der Waals surface area contributed by atoms with Crippen molar-refractivity contribution in [3.8, 4) is 10.8 Å². The maximum atomic E-state index is 10.1. The van der Waals surface area contributed by atoms with E-state index in [2.05, 4.69) is 3.63 Å². The lowest BCUT2D eigenvalue weighted by Gasteiger charge is -1.88. The zero-order valence-electron chi connectivity index (χ0n) is 4.75. The number of rotatable bonds is 2. The predicted molar refractivity (Wildman–Crippen MR) is 30.2 cm³/mol. The maximum Gasteiger partial charge on any atom is 0.378 e. The van der Waals surface area contributed by atoms with Crippen LogP contribution in [0, 0.1) is 21.3 Å². The highest BCUT2D eigenvalue weighted by atomic mass is 32.3. The van der Waals surface area contributed by atoms with Crippen LogP contribution in [0.15, 0.2) is 0 Å². The van der Waals surface area contributed by atoms with Gasteiger partial charge in [-0.05, 0) is 0 Å². The van der Waals surface area contributed by atoms with Gasteiger partial charge in [0.2, 0.25) is 10.8 Å². The minimum absolute atomic E-state index is 0.551. The Balaban J connectivity index is 4.91. The van der Waals surface area contributed by atoms with Crippen molar-refractivity contribution in [3.05, 3.63) is 0 Å².